The van der Waals surface area contributed by atoms with E-state index in [0.29, 0.717) is 0 Å². The lowest BCUT2D eigenvalue weighted by Gasteiger charge is -2.13. The van der Waals surface area contributed by atoms with E-state index >= 15 is 0 Å². The molecule has 1 atom stereocenters. The number of sulfonamides is 1. The van der Waals surface area contributed by atoms with Crippen molar-refractivity contribution in [1.29, 1.82) is 0 Å². The highest BCUT2D eigenvalue weighted by Crippen LogP contribution is 2.20. The topological polar surface area (TPSA) is 102 Å². The Kier molecular flexibility index (Phi) is 6.20. The maximum atomic E-state index is 12.1. The molecule has 1 aliphatic carbocycles. The van der Waals surface area contributed by atoms with Gasteiger partial charge in [0.2, 0.25) is 10.0 Å². The lowest BCUT2D eigenvalue weighted by Crippen LogP contribution is -2.37. The van der Waals surface area contributed by atoms with Crippen molar-refractivity contribution >= 4 is 33.5 Å². The fraction of sp³-hybridized carbons (Fsp3) is 0.467. The van der Waals surface area contributed by atoms with Crippen LogP contribution in [-0.4, -0.2) is 39.0 Å². The Balaban J connectivity index is 1.77. The standard InChI is InChI=1S/C15H19ClN2O5S/c1-10(15(20)18-11-6-7-11)23-14(19)8-9-17-24(21,22)13-5-3-2-4-12(13)16/h2-5,10-11,17H,6-9H2,1H3,(H,18,20)/t10-/m0/s1. The van der Waals surface area contributed by atoms with Crippen LogP contribution in [0.1, 0.15) is 26.2 Å². The van der Waals surface area contributed by atoms with Crippen LogP contribution in [0.2, 0.25) is 5.02 Å². The third-order valence-electron chi connectivity index (χ3n) is 3.35. The van der Waals surface area contributed by atoms with Crippen molar-refractivity contribution in [2.45, 2.75) is 43.2 Å². The molecule has 0 spiro atoms. The molecule has 1 aromatic rings. The fourth-order valence-electron chi connectivity index (χ4n) is 1.88. The average molecular weight is 375 g/mol. The summed E-state index contributed by atoms with van der Waals surface area (Å²) in [5.41, 5.74) is 0. The molecule has 0 radical (unpaired) electrons. The van der Waals surface area contributed by atoms with E-state index in [1.165, 1.54) is 19.1 Å². The van der Waals surface area contributed by atoms with Gasteiger partial charge in [0.1, 0.15) is 4.90 Å². The second-order valence-corrected chi connectivity index (χ2v) is 7.64. The Bertz CT molecular complexity index is 718. The van der Waals surface area contributed by atoms with E-state index in [0.717, 1.165) is 12.8 Å². The number of esters is 1. The van der Waals surface area contributed by atoms with Gasteiger partial charge in [-0.15, -0.1) is 0 Å². The minimum Gasteiger partial charge on any atom is -0.453 e. The van der Waals surface area contributed by atoms with Gasteiger partial charge in [0, 0.05) is 12.6 Å². The molecule has 2 rings (SSSR count). The maximum Gasteiger partial charge on any atom is 0.307 e. The first-order valence-electron chi connectivity index (χ1n) is 7.53. The van der Waals surface area contributed by atoms with E-state index in [9.17, 15) is 18.0 Å². The summed E-state index contributed by atoms with van der Waals surface area (Å²) in [5, 5.41) is 2.82. The number of rotatable bonds is 8. The van der Waals surface area contributed by atoms with Crippen molar-refractivity contribution in [3.63, 3.8) is 0 Å². The highest BCUT2D eigenvalue weighted by atomic mass is 35.5. The van der Waals surface area contributed by atoms with Crippen LogP contribution >= 0.6 is 11.6 Å². The molecule has 1 amide bonds. The molecule has 9 heteroatoms. The lowest BCUT2D eigenvalue weighted by molar-refractivity contribution is -0.154. The van der Waals surface area contributed by atoms with Crippen LogP contribution in [0.15, 0.2) is 29.2 Å². The van der Waals surface area contributed by atoms with Gasteiger partial charge in [0.15, 0.2) is 6.10 Å². The van der Waals surface area contributed by atoms with Crippen molar-refractivity contribution in [2.24, 2.45) is 0 Å². The van der Waals surface area contributed by atoms with Gasteiger partial charge in [-0.1, -0.05) is 23.7 Å². The second kappa shape index (κ2) is 7.96. The molecule has 0 unspecified atom stereocenters. The SMILES string of the molecule is C[C@H](OC(=O)CCNS(=O)(=O)c1ccccc1Cl)C(=O)NC1CC1. The number of amides is 1. The van der Waals surface area contributed by atoms with Crippen LogP contribution in [0, 0.1) is 0 Å². The molecule has 0 heterocycles. The number of ether oxygens (including phenoxy) is 1. The van der Waals surface area contributed by atoms with Crippen molar-refractivity contribution in [3.8, 4) is 0 Å². The van der Waals surface area contributed by atoms with Gasteiger partial charge in [-0.05, 0) is 31.9 Å². The number of carbonyl (C=O) groups excluding carboxylic acids is 2. The summed E-state index contributed by atoms with van der Waals surface area (Å²) in [7, 11) is -3.81. The molecular weight excluding hydrogens is 356 g/mol. The Morgan fingerprint density at radius 2 is 2.00 bits per heavy atom. The number of benzene rings is 1. The molecule has 1 fully saturated rings. The zero-order valence-electron chi connectivity index (χ0n) is 13.1. The fourth-order valence-corrected chi connectivity index (χ4v) is 3.43. The quantitative estimate of drug-likeness (QED) is 0.666. The molecule has 2 N–H and O–H groups in total. The number of nitrogens with one attached hydrogen (secondary N) is 2. The van der Waals surface area contributed by atoms with Crippen molar-refractivity contribution in [3.05, 3.63) is 29.3 Å². The van der Waals surface area contributed by atoms with Gasteiger partial charge in [0.25, 0.3) is 5.91 Å². The normalized spacial score (nSPS) is 15.6. The van der Waals surface area contributed by atoms with E-state index < -0.39 is 22.1 Å². The van der Waals surface area contributed by atoms with E-state index in [2.05, 4.69) is 10.0 Å². The second-order valence-electron chi connectivity index (χ2n) is 5.49. The van der Waals surface area contributed by atoms with Gasteiger partial charge in [-0.25, -0.2) is 13.1 Å². The predicted molar refractivity (Wildman–Crippen MR) is 88.0 cm³/mol. The van der Waals surface area contributed by atoms with Gasteiger partial charge in [0.05, 0.1) is 11.4 Å². The monoisotopic (exact) mass is 374 g/mol. The van der Waals surface area contributed by atoms with Crippen molar-refractivity contribution < 1.29 is 22.7 Å². The summed E-state index contributed by atoms with van der Waals surface area (Å²) >= 11 is 5.85. The van der Waals surface area contributed by atoms with E-state index in [4.69, 9.17) is 16.3 Å². The first-order chi connectivity index (χ1) is 11.3. The Labute approximate surface area is 145 Å². The molecule has 1 aliphatic rings. The first-order valence-corrected chi connectivity index (χ1v) is 9.40. The summed E-state index contributed by atoms with van der Waals surface area (Å²) < 4.78 is 31.4. The van der Waals surface area contributed by atoms with Gasteiger partial charge < -0.3 is 10.1 Å². The number of hydrogen-bond donors (Lipinski definition) is 2. The average Bonchev–Trinajstić information content (AvgIpc) is 3.31. The van der Waals surface area contributed by atoms with E-state index in [1.807, 2.05) is 0 Å². The lowest BCUT2D eigenvalue weighted by atomic mass is 10.3. The van der Waals surface area contributed by atoms with Crippen LogP contribution in [0.3, 0.4) is 0 Å². The Hall–Kier alpha value is -1.64. The molecule has 1 aromatic carbocycles. The Morgan fingerprint density at radius 3 is 2.62 bits per heavy atom. The number of hydrogen-bond acceptors (Lipinski definition) is 5. The molecule has 132 valence electrons. The minimum atomic E-state index is -3.81. The summed E-state index contributed by atoms with van der Waals surface area (Å²) in [6.45, 7) is 1.33. The van der Waals surface area contributed by atoms with Crippen molar-refractivity contribution in [1.82, 2.24) is 10.0 Å². The third-order valence-corrected chi connectivity index (χ3v) is 5.31. The number of carbonyl (C=O) groups is 2. The highest BCUT2D eigenvalue weighted by molar-refractivity contribution is 7.89. The van der Waals surface area contributed by atoms with E-state index in [-0.39, 0.29) is 34.8 Å². The summed E-state index contributed by atoms with van der Waals surface area (Å²) in [6, 6.07) is 6.18. The molecule has 0 bridgehead atoms. The molecule has 0 aliphatic heterocycles. The van der Waals surface area contributed by atoms with Gasteiger partial charge in [-0.3, -0.25) is 9.59 Å². The van der Waals surface area contributed by atoms with Crippen LogP contribution < -0.4 is 10.0 Å². The molecular formula is C15H19ClN2O5S. The predicted octanol–water partition coefficient (Wildman–Crippen LogP) is 1.22. The molecule has 0 aromatic heterocycles. The summed E-state index contributed by atoms with van der Waals surface area (Å²) in [6.07, 6.45) is 0.787. The molecule has 7 nitrogen and oxygen atoms in total. The number of halogens is 1. The zero-order chi connectivity index (χ0) is 17.7. The largest absolute Gasteiger partial charge is 0.453 e. The maximum absolute atomic E-state index is 12.1. The van der Waals surface area contributed by atoms with E-state index in [1.54, 1.807) is 12.1 Å². The molecule has 0 saturated heterocycles. The minimum absolute atomic E-state index is 0.0581. The van der Waals surface area contributed by atoms with Crippen LogP contribution in [-0.2, 0) is 24.3 Å². The van der Waals surface area contributed by atoms with Crippen LogP contribution in [0.25, 0.3) is 0 Å². The zero-order valence-corrected chi connectivity index (χ0v) is 14.7. The smallest absolute Gasteiger partial charge is 0.307 e. The van der Waals surface area contributed by atoms with Gasteiger partial charge in [-0.2, -0.15) is 0 Å². The summed E-state index contributed by atoms with van der Waals surface area (Å²) in [5.74, 6) is -1.00. The van der Waals surface area contributed by atoms with Crippen LogP contribution in [0.4, 0.5) is 0 Å². The third kappa shape index (κ3) is 5.47. The molecule has 24 heavy (non-hydrogen) atoms. The highest BCUT2D eigenvalue weighted by Gasteiger charge is 2.27. The van der Waals surface area contributed by atoms with Gasteiger partial charge >= 0.3 is 5.97 Å². The molecule has 1 saturated carbocycles. The summed E-state index contributed by atoms with van der Waals surface area (Å²) in [4.78, 5) is 23.3. The first kappa shape index (κ1) is 18.7. The van der Waals surface area contributed by atoms with Crippen LogP contribution in [0.5, 0.6) is 0 Å². The Morgan fingerprint density at radius 1 is 1.33 bits per heavy atom. The van der Waals surface area contributed by atoms with Crippen molar-refractivity contribution in [2.75, 3.05) is 6.54 Å².